The predicted octanol–water partition coefficient (Wildman–Crippen LogP) is 3.07. The standard InChI is InChI=1S/C17H32N2O/c1-8-13-9-10-14(12-19(6)7)17(5,11-13)15(20)18-16(2,3)4/h8,13-14H,1,9-12H2,2-7H3,(H,18,20)/t13-,14-,17+/m1/s1. The third kappa shape index (κ3) is 4.34. The van der Waals surface area contributed by atoms with Crippen molar-refractivity contribution in [2.75, 3.05) is 20.6 Å². The molecule has 0 aromatic carbocycles. The molecule has 0 aromatic rings. The maximum atomic E-state index is 12.8. The van der Waals surface area contributed by atoms with Crippen molar-refractivity contribution in [1.29, 1.82) is 0 Å². The molecule has 3 nitrogen and oxygen atoms in total. The Balaban J connectivity index is 2.95. The minimum Gasteiger partial charge on any atom is -0.351 e. The van der Waals surface area contributed by atoms with Crippen molar-refractivity contribution in [3.63, 3.8) is 0 Å². The molecule has 3 atom stereocenters. The Hall–Kier alpha value is -0.830. The zero-order chi connectivity index (χ0) is 15.6. The number of allylic oxidation sites excluding steroid dienone is 1. The maximum absolute atomic E-state index is 12.8. The van der Waals surface area contributed by atoms with Gasteiger partial charge < -0.3 is 10.2 Å². The summed E-state index contributed by atoms with van der Waals surface area (Å²) in [4.78, 5) is 15.0. The van der Waals surface area contributed by atoms with Crippen molar-refractivity contribution in [2.24, 2.45) is 17.3 Å². The van der Waals surface area contributed by atoms with Crippen LogP contribution in [0.4, 0.5) is 0 Å². The Morgan fingerprint density at radius 2 is 2.00 bits per heavy atom. The molecule has 0 unspecified atom stereocenters. The molecular formula is C17H32N2O. The van der Waals surface area contributed by atoms with Crippen molar-refractivity contribution >= 4 is 5.91 Å². The van der Waals surface area contributed by atoms with Gasteiger partial charge in [0, 0.05) is 12.1 Å². The van der Waals surface area contributed by atoms with E-state index in [2.05, 4.69) is 37.8 Å². The predicted molar refractivity (Wildman–Crippen MR) is 85.6 cm³/mol. The van der Waals surface area contributed by atoms with Gasteiger partial charge in [-0.25, -0.2) is 0 Å². The van der Waals surface area contributed by atoms with Crippen LogP contribution in [0.1, 0.15) is 47.0 Å². The number of rotatable bonds is 4. The van der Waals surface area contributed by atoms with Crippen molar-refractivity contribution < 1.29 is 4.79 Å². The van der Waals surface area contributed by atoms with E-state index in [-0.39, 0.29) is 16.9 Å². The molecule has 1 amide bonds. The second-order valence-corrected chi connectivity index (χ2v) is 7.86. The van der Waals surface area contributed by atoms with Crippen LogP contribution in [-0.2, 0) is 4.79 Å². The minimum absolute atomic E-state index is 0.177. The number of nitrogens with one attached hydrogen (secondary N) is 1. The molecular weight excluding hydrogens is 248 g/mol. The van der Waals surface area contributed by atoms with E-state index in [1.165, 1.54) is 0 Å². The summed E-state index contributed by atoms with van der Waals surface area (Å²) in [6.07, 6.45) is 5.19. The van der Waals surface area contributed by atoms with Crippen LogP contribution in [0.3, 0.4) is 0 Å². The van der Waals surface area contributed by atoms with Gasteiger partial charge >= 0.3 is 0 Å². The number of hydrogen-bond acceptors (Lipinski definition) is 2. The highest BCUT2D eigenvalue weighted by Gasteiger charge is 2.46. The molecule has 1 aliphatic carbocycles. The van der Waals surface area contributed by atoms with Crippen LogP contribution >= 0.6 is 0 Å². The third-order valence-corrected chi connectivity index (χ3v) is 4.40. The fourth-order valence-electron chi connectivity index (χ4n) is 3.24. The Morgan fingerprint density at radius 3 is 2.45 bits per heavy atom. The van der Waals surface area contributed by atoms with E-state index in [1.807, 2.05) is 26.8 Å². The lowest BCUT2D eigenvalue weighted by atomic mass is 9.63. The number of carbonyl (C=O) groups is 1. The van der Waals surface area contributed by atoms with Gasteiger partial charge in [-0.2, -0.15) is 0 Å². The average molecular weight is 280 g/mol. The molecule has 1 fully saturated rings. The highest BCUT2D eigenvalue weighted by Crippen LogP contribution is 2.44. The quantitative estimate of drug-likeness (QED) is 0.803. The Kier molecular flexibility index (Phi) is 5.42. The molecule has 0 radical (unpaired) electrons. The Morgan fingerprint density at radius 1 is 1.40 bits per heavy atom. The first-order chi connectivity index (χ1) is 9.08. The van der Waals surface area contributed by atoms with Crippen molar-refractivity contribution in [1.82, 2.24) is 10.2 Å². The van der Waals surface area contributed by atoms with E-state index in [4.69, 9.17) is 0 Å². The van der Waals surface area contributed by atoms with Crippen LogP contribution in [0, 0.1) is 17.3 Å². The molecule has 116 valence electrons. The van der Waals surface area contributed by atoms with Gasteiger partial charge in [-0.05, 0) is 66.0 Å². The van der Waals surface area contributed by atoms with E-state index in [9.17, 15) is 4.79 Å². The molecule has 0 heterocycles. The monoisotopic (exact) mass is 280 g/mol. The second kappa shape index (κ2) is 6.30. The van der Waals surface area contributed by atoms with Crippen molar-refractivity contribution in [2.45, 2.75) is 52.5 Å². The smallest absolute Gasteiger partial charge is 0.226 e. The van der Waals surface area contributed by atoms with E-state index in [0.29, 0.717) is 11.8 Å². The highest BCUT2D eigenvalue weighted by atomic mass is 16.2. The first kappa shape index (κ1) is 17.2. The summed E-state index contributed by atoms with van der Waals surface area (Å²) in [6.45, 7) is 13.2. The van der Waals surface area contributed by atoms with Crippen LogP contribution < -0.4 is 5.32 Å². The molecule has 1 aliphatic rings. The molecule has 0 saturated heterocycles. The summed E-state index contributed by atoms with van der Waals surface area (Å²) in [6, 6.07) is 0. The Bertz CT molecular complexity index is 356. The van der Waals surface area contributed by atoms with Gasteiger partial charge in [0.2, 0.25) is 5.91 Å². The van der Waals surface area contributed by atoms with Gasteiger partial charge in [-0.3, -0.25) is 4.79 Å². The molecule has 20 heavy (non-hydrogen) atoms. The molecule has 1 saturated carbocycles. The topological polar surface area (TPSA) is 32.3 Å². The summed E-state index contributed by atoms with van der Waals surface area (Å²) < 4.78 is 0. The highest BCUT2D eigenvalue weighted by molar-refractivity contribution is 5.83. The van der Waals surface area contributed by atoms with E-state index >= 15 is 0 Å². The van der Waals surface area contributed by atoms with Gasteiger partial charge in [0.05, 0.1) is 5.41 Å². The second-order valence-electron chi connectivity index (χ2n) is 7.86. The Labute approximate surface area is 124 Å². The maximum Gasteiger partial charge on any atom is 0.226 e. The molecule has 0 spiro atoms. The van der Waals surface area contributed by atoms with Gasteiger partial charge in [-0.15, -0.1) is 6.58 Å². The summed E-state index contributed by atoms with van der Waals surface area (Å²) in [5.74, 6) is 1.07. The molecule has 0 bridgehead atoms. The fraction of sp³-hybridized carbons (Fsp3) is 0.824. The molecule has 1 rings (SSSR count). The van der Waals surface area contributed by atoms with E-state index in [1.54, 1.807) is 0 Å². The number of amides is 1. The minimum atomic E-state index is -0.297. The summed E-state index contributed by atoms with van der Waals surface area (Å²) in [5.41, 5.74) is -0.474. The van der Waals surface area contributed by atoms with Gasteiger partial charge in [0.25, 0.3) is 0 Å². The van der Waals surface area contributed by atoms with Crippen LogP contribution in [-0.4, -0.2) is 37.0 Å². The summed E-state index contributed by atoms with van der Waals surface area (Å²) in [7, 11) is 4.17. The fourth-order valence-corrected chi connectivity index (χ4v) is 3.24. The van der Waals surface area contributed by atoms with Crippen molar-refractivity contribution in [3.8, 4) is 0 Å². The molecule has 1 N–H and O–H groups in total. The number of hydrogen-bond donors (Lipinski definition) is 1. The van der Waals surface area contributed by atoms with Crippen LogP contribution in [0.2, 0.25) is 0 Å². The summed E-state index contributed by atoms with van der Waals surface area (Å²) >= 11 is 0. The van der Waals surface area contributed by atoms with Crippen molar-refractivity contribution in [3.05, 3.63) is 12.7 Å². The number of nitrogens with zero attached hydrogens (tertiary/aromatic N) is 1. The third-order valence-electron chi connectivity index (χ3n) is 4.40. The summed E-state index contributed by atoms with van der Waals surface area (Å²) in [5, 5.41) is 3.19. The van der Waals surface area contributed by atoms with E-state index < -0.39 is 0 Å². The van der Waals surface area contributed by atoms with Crippen LogP contribution in [0.25, 0.3) is 0 Å². The first-order valence-electron chi connectivity index (χ1n) is 7.68. The van der Waals surface area contributed by atoms with Gasteiger partial charge in [0.15, 0.2) is 0 Å². The first-order valence-corrected chi connectivity index (χ1v) is 7.68. The van der Waals surface area contributed by atoms with Gasteiger partial charge in [0.1, 0.15) is 0 Å². The lowest BCUT2D eigenvalue weighted by molar-refractivity contribution is -0.138. The molecule has 0 aliphatic heterocycles. The van der Waals surface area contributed by atoms with Gasteiger partial charge in [-0.1, -0.05) is 13.0 Å². The normalized spacial score (nSPS) is 31.1. The largest absolute Gasteiger partial charge is 0.351 e. The lowest BCUT2D eigenvalue weighted by Crippen LogP contribution is -2.54. The molecule has 0 aromatic heterocycles. The van der Waals surface area contributed by atoms with Crippen LogP contribution in [0.5, 0.6) is 0 Å². The zero-order valence-corrected chi connectivity index (χ0v) is 14.1. The average Bonchev–Trinajstić information content (AvgIpc) is 2.29. The van der Waals surface area contributed by atoms with E-state index in [0.717, 1.165) is 25.8 Å². The molecule has 3 heteroatoms. The van der Waals surface area contributed by atoms with Crippen LogP contribution in [0.15, 0.2) is 12.7 Å². The SMILES string of the molecule is C=C[C@@H]1CC[C@H](CN(C)C)[C@@](C)(C(=O)NC(C)(C)C)C1. The lowest BCUT2D eigenvalue weighted by Gasteiger charge is -2.45. The zero-order valence-electron chi connectivity index (χ0n) is 14.1. The number of carbonyl (C=O) groups excluding carboxylic acids is 1.